The molecule has 0 spiro atoms. The van der Waals surface area contributed by atoms with Crippen molar-refractivity contribution in [1.82, 2.24) is 0 Å². The Labute approximate surface area is 125 Å². The highest BCUT2D eigenvalue weighted by Gasteiger charge is 2.24. The van der Waals surface area contributed by atoms with Gasteiger partial charge >= 0.3 is 0 Å². The van der Waals surface area contributed by atoms with E-state index in [1.807, 2.05) is 0 Å². The summed E-state index contributed by atoms with van der Waals surface area (Å²) >= 11 is 5.78. The van der Waals surface area contributed by atoms with E-state index < -0.39 is 29.5 Å². The molecule has 2 aromatic carbocycles. The summed E-state index contributed by atoms with van der Waals surface area (Å²) in [7, 11) is 0. The molecule has 2 rings (SSSR count). The van der Waals surface area contributed by atoms with Gasteiger partial charge < -0.3 is 10.8 Å². The first-order chi connectivity index (χ1) is 9.93. The molecule has 6 heteroatoms. The molecule has 112 valence electrons. The van der Waals surface area contributed by atoms with E-state index >= 15 is 0 Å². The highest BCUT2D eigenvalue weighted by atomic mass is 35.5. The van der Waals surface area contributed by atoms with Gasteiger partial charge in [-0.25, -0.2) is 13.2 Å². The Hall–Kier alpha value is -1.56. The van der Waals surface area contributed by atoms with E-state index in [2.05, 4.69) is 0 Å². The lowest BCUT2D eigenvalue weighted by molar-refractivity contribution is 0.146. The number of aliphatic hydroxyl groups is 1. The van der Waals surface area contributed by atoms with Gasteiger partial charge in [0.1, 0.15) is 0 Å². The normalized spacial score (nSPS) is 14.0. The summed E-state index contributed by atoms with van der Waals surface area (Å²) in [6.07, 6.45) is -1.26. The summed E-state index contributed by atoms with van der Waals surface area (Å²) < 4.78 is 39.5. The predicted octanol–water partition coefficient (Wildman–Crippen LogP) is 3.53. The molecule has 0 aliphatic rings. The van der Waals surface area contributed by atoms with Crippen molar-refractivity contribution in [3.05, 3.63) is 70.0 Å². The SMILES string of the molecule is NCC(c1ccc(Cl)cc1)C(O)c1cc(F)c(F)c(F)c1. The fourth-order valence-corrected chi connectivity index (χ4v) is 2.26. The molecule has 2 unspecified atom stereocenters. The summed E-state index contributed by atoms with van der Waals surface area (Å²) in [4.78, 5) is 0. The maximum atomic E-state index is 13.2. The molecular formula is C15H13ClF3NO. The summed E-state index contributed by atoms with van der Waals surface area (Å²) in [5, 5.41) is 10.8. The lowest BCUT2D eigenvalue weighted by Gasteiger charge is -2.22. The first-order valence-corrected chi connectivity index (χ1v) is 6.60. The van der Waals surface area contributed by atoms with Crippen molar-refractivity contribution in [3.8, 4) is 0 Å². The Balaban J connectivity index is 2.36. The number of rotatable bonds is 4. The van der Waals surface area contributed by atoms with E-state index in [4.69, 9.17) is 17.3 Å². The molecule has 2 nitrogen and oxygen atoms in total. The first kappa shape index (κ1) is 15.8. The van der Waals surface area contributed by atoms with Gasteiger partial charge in [0.05, 0.1) is 6.10 Å². The zero-order valence-corrected chi connectivity index (χ0v) is 11.6. The van der Waals surface area contributed by atoms with Crippen LogP contribution < -0.4 is 5.73 Å². The smallest absolute Gasteiger partial charge is 0.194 e. The average Bonchev–Trinajstić information content (AvgIpc) is 2.46. The Morgan fingerprint density at radius 1 is 1.00 bits per heavy atom. The van der Waals surface area contributed by atoms with Gasteiger partial charge in [0.2, 0.25) is 0 Å². The van der Waals surface area contributed by atoms with Gasteiger partial charge in [-0.05, 0) is 35.4 Å². The Morgan fingerprint density at radius 3 is 2.00 bits per heavy atom. The number of hydrogen-bond acceptors (Lipinski definition) is 2. The monoisotopic (exact) mass is 315 g/mol. The van der Waals surface area contributed by atoms with Crippen LogP contribution in [-0.4, -0.2) is 11.7 Å². The third kappa shape index (κ3) is 3.37. The molecule has 0 aliphatic heterocycles. The molecule has 0 fully saturated rings. The van der Waals surface area contributed by atoms with E-state index in [9.17, 15) is 18.3 Å². The zero-order valence-electron chi connectivity index (χ0n) is 10.9. The second-order valence-corrected chi connectivity index (χ2v) is 5.07. The van der Waals surface area contributed by atoms with E-state index in [1.165, 1.54) is 0 Å². The van der Waals surface area contributed by atoms with Crippen LogP contribution in [0.2, 0.25) is 5.02 Å². The predicted molar refractivity (Wildman–Crippen MR) is 74.5 cm³/mol. The number of nitrogens with two attached hydrogens (primary N) is 1. The molecule has 0 amide bonds. The lowest BCUT2D eigenvalue weighted by Crippen LogP contribution is -2.20. The zero-order chi connectivity index (χ0) is 15.6. The van der Waals surface area contributed by atoms with Crippen LogP contribution in [0.15, 0.2) is 36.4 Å². The Morgan fingerprint density at radius 2 is 1.52 bits per heavy atom. The van der Waals surface area contributed by atoms with E-state index in [0.29, 0.717) is 10.6 Å². The molecule has 0 saturated carbocycles. The number of aliphatic hydroxyl groups excluding tert-OH is 1. The number of halogens is 4. The first-order valence-electron chi connectivity index (χ1n) is 6.22. The van der Waals surface area contributed by atoms with Crippen molar-refractivity contribution < 1.29 is 18.3 Å². The molecule has 0 saturated heterocycles. The molecule has 21 heavy (non-hydrogen) atoms. The number of benzene rings is 2. The molecule has 2 atom stereocenters. The van der Waals surface area contributed by atoms with Gasteiger partial charge in [-0.2, -0.15) is 0 Å². The summed E-state index contributed by atoms with van der Waals surface area (Å²) in [6.45, 7) is 0.0451. The van der Waals surface area contributed by atoms with Crippen LogP contribution in [0.25, 0.3) is 0 Å². The van der Waals surface area contributed by atoms with Crippen molar-refractivity contribution in [2.75, 3.05) is 6.54 Å². The highest BCUT2D eigenvalue weighted by molar-refractivity contribution is 6.30. The summed E-state index contributed by atoms with van der Waals surface area (Å²) in [6, 6.07) is 8.11. The van der Waals surface area contributed by atoms with Crippen molar-refractivity contribution >= 4 is 11.6 Å². The van der Waals surface area contributed by atoms with Crippen LogP contribution >= 0.6 is 11.6 Å². The van der Waals surface area contributed by atoms with E-state index in [1.54, 1.807) is 24.3 Å². The van der Waals surface area contributed by atoms with Gasteiger partial charge in [0.15, 0.2) is 17.5 Å². The van der Waals surface area contributed by atoms with Crippen molar-refractivity contribution in [3.63, 3.8) is 0 Å². The molecule has 0 aromatic heterocycles. The van der Waals surface area contributed by atoms with E-state index in [0.717, 1.165) is 12.1 Å². The molecule has 0 heterocycles. The molecule has 0 bridgehead atoms. The highest BCUT2D eigenvalue weighted by Crippen LogP contribution is 2.32. The van der Waals surface area contributed by atoms with Crippen LogP contribution in [0.4, 0.5) is 13.2 Å². The maximum absolute atomic E-state index is 13.2. The van der Waals surface area contributed by atoms with Crippen molar-refractivity contribution in [2.24, 2.45) is 5.73 Å². The van der Waals surface area contributed by atoms with E-state index in [-0.39, 0.29) is 12.1 Å². The Kier molecular flexibility index (Phi) is 4.88. The van der Waals surface area contributed by atoms with Crippen LogP contribution in [0.5, 0.6) is 0 Å². The molecular weight excluding hydrogens is 303 g/mol. The van der Waals surface area contributed by atoms with Gasteiger partial charge in [-0.15, -0.1) is 0 Å². The van der Waals surface area contributed by atoms with Gasteiger partial charge in [0, 0.05) is 17.5 Å². The molecule has 3 N–H and O–H groups in total. The van der Waals surface area contributed by atoms with Crippen LogP contribution in [0.3, 0.4) is 0 Å². The van der Waals surface area contributed by atoms with Crippen molar-refractivity contribution in [2.45, 2.75) is 12.0 Å². The fourth-order valence-electron chi connectivity index (χ4n) is 2.14. The quantitative estimate of drug-likeness (QED) is 0.848. The van der Waals surface area contributed by atoms with Crippen molar-refractivity contribution in [1.29, 1.82) is 0 Å². The number of hydrogen-bond donors (Lipinski definition) is 2. The molecule has 0 aliphatic carbocycles. The van der Waals surface area contributed by atoms with Crippen LogP contribution in [-0.2, 0) is 0 Å². The molecule has 2 aromatic rings. The minimum atomic E-state index is -1.57. The van der Waals surface area contributed by atoms with Gasteiger partial charge in [-0.3, -0.25) is 0 Å². The Bertz CT molecular complexity index is 610. The largest absolute Gasteiger partial charge is 0.388 e. The standard InChI is InChI=1S/C15H13ClF3NO/c16-10-3-1-8(2-4-10)11(7-20)15(21)9-5-12(17)14(19)13(18)6-9/h1-6,11,15,21H,7,20H2. The minimum Gasteiger partial charge on any atom is -0.388 e. The van der Waals surface area contributed by atoms with Crippen LogP contribution in [0.1, 0.15) is 23.1 Å². The lowest BCUT2D eigenvalue weighted by atomic mass is 9.89. The maximum Gasteiger partial charge on any atom is 0.194 e. The summed E-state index contributed by atoms with van der Waals surface area (Å²) in [5.74, 6) is -4.86. The van der Waals surface area contributed by atoms with Crippen LogP contribution in [0, 0.1) is 17.5 Å². The average molecular weight is 316 g/mol. The minimum absolute atomic E-state index is 0.0451. The second kappa shape index (κ2) is 6.47. The van der Waals surface area contributed by atoms with Gasteiger partial charge in [-0.1, -0.05) is 23.7 Å². The molecule has 0 radical (unpaired) electrons. The summed E-state index contributed by atoms with van der Waals surface area (Å²) in [5.41, 5.74) is 6.23. The third-order valence-corrected chi connectivity index (χ3v) is 3.53. The third-order valence-electron chi connectivity index (χ3n) is 3.28. The topological polar surface area (TPSA) is 46.2 Å². The van der Waals surface area contributed by atoms with Gasteiger partial charge in [0.25, 0.3) is 0 Å². The second-order valence-electron chi connectivity index (χ2n) is 4.64. The fraction of sp³-hybridized carbons (Fsp3) is 0.200.